The summed E-state index contributed by atoms with van der Waals surface area (Å²) in [6.07, 6.45) is 1.44. The number of anilines is 1. The molecule has 3 aromatic rings. The maximum Gasteiger partial charge on any atom is 0.272 e. The van der Waals surface area contributed by atoms with Crippen molar-refractivity contribution < 1.29 is 19.2 Å². The standard InChI is InChI=1S/C23H19N3O5/c1-31-20-9-5-8-18(15-20)24-23(28)21(25-22(27)17-6-3-2-4-7-17)14-16-10-12-19(13-11-16)26(29)30/h2-15H,1H3,(H,24,28)(H,25,27). The summed E-state index contributed by atoms with van der Waals surface area (Å²) in [4.78, 5) is 35.9. The average Bonchev–Trinajstić information content (AvgIpc) is 2.79. The molecule has 0 atom stereocenters. The molecule has 0 radical (unpaired) electrons. The molecule has 156 valence electrons. The van der Waals surface area contributed by atoms with Gasteiger partial charge in [0.15, 0.2) is 0 Å². The van der Waals surface area contributed by atoms with Gasteiger partial charge in [-0.1, -0.05) is 24.3 Å². The zero-order valence-electron chi connectivity index (χ0n) is 16.6. The predicted molar refractivity (Wildman–Crippen MR) is 117 cm³/mol. The lowest BCUT2D eigenvalue weighted by Gasteiger charge is -2.12. The van der Waals surface area contributed by atoms with E-state index in [0.29, 0.717) is 22.6 Å². The smallest absolute Gasteiger partial charge is 0.272 e. The summed E-state index contributed by atoms with van der Waals surface area (Å²) < 4.78 is 5.15. The predicted octanol–water partition coefficient (Wildman–Crippen LogP) is 4.01. The van der Waals surface area contributed by atoms with Crippen LogP contribution in [0.15, 0.2) is 84.6 Å². The summed E-state index contributed by atoms with van der Waals surface area (Å²) in [6.45, 7) is 0. The Hall–Kier alpha value is -4.46. The molecule has 31 heavy (non-hydrogen) atoms. The number of carbonyl (C=O) groups is 2. The highest BCUT2D eigenvalue weighted by Gasteiger charge is 2.15. The van der Waals surface area contributed by atoms with Gasteiger partial charge in [0.25, 0.3) is 17.5 Å². The van der Waals surface area contributed by atoms with Gasteiger partial charge in [0.2, 0.25) is 0 Å². The highest BCUT2D eigenvalue weighted by atomic mass is 16.6. The number of methoxy groups -OCH3 is 1. The molecule has 0 aliphatic carbocycles. The fraction of sp³-hybridized carbons (Fsp3) is 0.0435. The molecule has 2 amide bonds. The molecule has 0 fully saturated rings. The summed E-state index contributed by atoms with van der Waals surface area (Å²) >= 11 is 0. The quantitative estimate of drug-likeness (QED) is 0.343. The number of carbonyl (C=O) groups excluding carboxylic acids is 2. The third kappa shape index (κ3) is 5.77. The first-order chi connectivity index (χ1) is 15.0. The Morgan fingerprint density at radius 2 is 1.68 bits per heavy atom. The fourth-order valence-electron chi connectivity index (χ4n) is 2.70. The average molecular weight is 417 g/mol. The lowest BCUT2D eigenvalue weighted by atomic mass is 10.1. The highest BCUT2D eigenvalue weighted by molar-refractivity contribution is 6.10. The number of nitrogens with zero attached hydrogens (tertiary/aromatic N) is 1. The molecule has 8 heteroatoms. The number of non-ortho nitro benzene ring substituents is 1. The normalized spacial score (nSPS) is 10.8. The zero-order valence-corrected chi connectivity index (χ0v) is 16.6. The van der Waals surface area contributed by atoms with E-state index < -0.39 is 16.7 Å². The zero-order chi connectivity index (χ0) is 22.2. The minimum absolute atomic E-state index is 0.0227. The molecule has 3 aromatic carbocycles. The number of amides is 2. The molecular formula is C23H19N3O5. The maximum atomic E-state index is 12.9. The number of nitro benzene ring substituents is 1. The van der Waals surface area contributed by atoms with Crippen molar-refractivity contribution in [1.29, 1.82) is 0 Å². The van der Waals surface area contributed by atoms with Gasteiger partial charge in [-0.15, -0.1) is 0 Å². The first-order valence-electron chi connectivity index (χ1n) is 9.24. The van der Waals surface area contributed by atoms with Crippen LogP contribution in [-0.2, 0) is 4.79 Å². The maximum absolute atomic E-state index is 12.9. The molecule has 0 saturated heterocycles. The molecular weight excluding hydrogens is 398 g/mol. The topological polar surface area (TPSA) is 111 Å². The van der Waals surface area contributed by atoms with Crippen molar-refractivity contribution in [1.82, 2.24) is 5.32 Å². The highest BCUT2D eigenvalue weighted by Crippen LogP contribution is 2.18. The van der Waals surface area contributed by atoms with Crippen molar-refractivity contribution >= 4 is 29.3 Å². The van der Waals surface area contributed by atoms with Crippen molar-refractivity contribution in [3.8, 4) is 5.75 Å². The number of benzene rings is 3. The molecule has 0 saturated carbocycles. The Kier molecular flexibility index (Phi) is 6.74. The van der Waals surface area contributed by atoms with E-state index >= 15 is 0 Å². The summed E-state index contributed by atoms with van der Waals surface area (Å²) in [5.74, 6) is -0.461. The molecule has 0 heterocycles. The minimum Gasteiger partial charge on any atom is -0.497 e. The second-order valence-corrected chi connectivity index (χ2v) is 6.41. The SMILES string of the molecule is COc1cccc(NC(=O)C(=Cc2ccc([N+](=O)[O-])cc2)NC(=O)c2ccccc2)c1. The van der Waals surface area contributed by atoms with Gasteiger partial charge >= 0.3 is 0 Å². The lowest BCUT2D eigenvalue weighted by molar-refractivity contribution is -0.384. The van der Waals surface area contributed by atoms with Gasteiger partial charge in [0.1, 0.15) is 11.4 Å². The van der Waals surface area contributed by atoms with Gasteiger partial charge in [0, 0.05) is 29.4 Å². The molecule has 0 spiro atoms. The molecule has 0 aliphatic heterocycles. The van der Waals surface area contributed by atoms with Crippen LogP contribution in [-0.4, -0.2) is 23.8 Å². The van der Waals surface area contributed by atoms with Gasteiger partial charge in [0.05, 0.1) is 12.0 Å². The Morgan fingerprint density at radius 1 is 0.968 bits per heavy atom. The second kappa shape index (κ2) is 9.84. The van der Waals surface area contributed by atoms with Crippen LogP contribution >= 0.6 is 0 Å². The van der Waals surface area contributed by atoms with Gasteiger partial charge < -0.3 is 15.4 Å². The van der Waals surface area contributed by atoms with Crippen LogP contribution in [0.5, 0.6) is 5.75 Å². The van der Waals surface area contributed by atoms with Crippen LogP contribution < -0.4 is 15.4 Å². The Balaban J connectivity index is 1.89. The van der Waals surface area contributed by atoms with Crippen LogP contribution in [0.2, 0.25) is 0 Å². The first-order valence-corrected chi connectivity index (χ1v) is 9.24. The number of hydrogen-bond acceptors (Lipinski definition) is 5. The number of hydrogen-bond donors (Lipinski definition) is 2. The number of rotatable bonds is 7. The van der Waals surface area contributed by atoms with Crippen LogP contribution in [0.25, 0.3) is 6.08 Å². The Morgan fingerprint density at radius 3 is 2.32 bits per heavy atom. The van der Waals surface area contributed by atoms with Gasteiger partial charge in [-0.3, -0.25) is 19.7 Å². The second-order valence-electron chi connectivity index (χ2n) is 6.41. The fourth-order valence-corrected chi connectivity index (χ4v) is 2.70. The van der Waals surface area contributed by atoms with Crippen molar-refractivity contribution in [2.75, 3.05) is 12.4 Å². The van der Waals surface area contributed by atoms with Crippen molar-refractivity contribution in [2.24, 2.45) is 0 Å². The van der Waals surface area contributed by atoms with E-state index in [4.69, 9.17) is 4.74 Å². The van der Waals surface area contributed by atoms with Crippen molar-refractivity contribution in [3.05, 3.63) is 106 Å². The molecule has 0 unspecified atom stereocenters. The summed E-state index contributed by atoms with van der Waals surface area (Å²) in [5.41, 5.74) is 1.27. The monoisotopic (exact) mass is 417 g/mol. The molecule has 0 bridgehead atoms. The van der Waals surface area contributed by atoms with Crippen molar-refractivity contribution in [2.45, 2.75) is 0 Å². The number of ether oxygens (including phenoxy) is 1. The number of nitrogens with one attached hydrogen (secondary N) is 2. The molecule has 0 aliphatic rings. The summed E-state index contributed by atoms with van der Waals surface area (Å²) in [5, 5.41) is 16.2. The van der Waals surface area contributed by atoms with Gasteiger partial charge in [-0.05, 0) is 48.0 Å². The largest absolute Gasteiger partial charge is 0.497 e. The molecule has 8 nitrogen and oxygen atoms in total. The summed E-state index contributed by atoms with van der Waals surface area (Å²) in [6, 6.07) is 20.9. The Labute approximate surface area is 178 Å². The van der Waals surface area contributed by atoms with E-state index in [1.165, 1.54) is 37.5 Å². The molecule has 3 rings (SSSR count). The minimum atomic E-state index is -0.559. The number of nitro groups is 1. The van der Waals surface area contributed by atoms with Crippen molar-refractivity contribution in [3.63, 3.8) is 0 Å². The summed E-state index contributed by atoms with van der Waals surface area (Å²) in [7, 11) is 1.51. The first kappa shape index (κ1) is 21.3. The van der Waals surface area contributed by atoms with Crippen LogP contribution in [0.3, 0.4) is 0 Å². The van der Waals surface area contributed by atoms with E-state index in [1.54, 1.807) is 54.6 Å². The van der Waals surface area contributed by atoms with Crippen LogP contribution in [0.1, 0.15) is 15.9 Å². The third-order valence-corrected chi connectivity index (χ3v) is 4.27. The van der Waals surface area contributed by atoms with E-state index in [9.17, 15) is 19.7 Å². The van der Waals surface area contributed by atoms with Crippen LogP contribution in [0, 0.1) is 10.1 Å². The van der Waals surface area contributed by atoms with E-state index in [0.717, 1.165) is 0 Å². The van der Waals surface area contributed by atoms with E-state index in [-0.39, 0.29) is 11.4 Å². The Bertz CT molecular complexity index is 1130. The van der Waals surface area contributed by atoms with Gasteiger partial charge in [-0.2, -0.15) is 0 Å². The molecule has 0 aromatic heterocycles. The van der Waals surface area contributed by atoms with E-state index in [2.05, 4.69) is 10.6 Å². The lowest BCUT2D eigenvalue weighted by Crippen LogP contribution is -2.30. The van der Waals surface area contributed by atoms with Gasteiger partial charge in [-0.25, -0.2) is 0 Å². The van der Waals surface area contributed by atoms with E-state index in [1.807, 2.05) is 0 Å². The van der Waals surface area contributed by atoms with Crippen LogP contribution in [0.4, 0.5) is 11.4 Å². The third-order valence-electron chi connectivity index (χ3n) is 4.27. The molecule has 2 N–H and O–H groups in total.